The highest BCUT2D eigenvalue weighted by Gasteiger charge is 1.95. The van der Waals surface area contributed by atoms with Gasteiger partial charge in [0.05, 0.1) is 6.21 Å². The lowest BCUT2D eigenvalue weighted by atomic mass is 10.2. The third-order valence-electron chi connectivity index (χ3n) is 1.44. The number of hydrogen-bond acceptors (Lipinski definition) is 3. The first-order valence-corrected chi connectivity index (χ1v) is 4.29. The molecule has 0 fully saturated rings. The van der Waals surface area contributed by atoms with E-state index in [0.29, 0.717) is 10.6 Å². The van der Waals surface area contributed by atoms with Crippen molar-refractivity contribution in [2.45, 2.75) is 0 Å². The maximum absolute atomic E-state index is 10.6. The van der Waals surface area contributed by atoms with Gasteiger partial charge in [-0.2, -0.15) is 5.10 Å². The number of rotatable bonds is 3. The summed E-state index contributed by atoms with van der Waals surface area (Å²) in [5.41, 5.74) is 2.83. The Kier molecular flexibility index (Phi) is 4.10. The molecule has 1 rings (SSSR count). The van der Waals surface area contributed by atoms with Crippen LogP contribution < -0.4 is 5.43 Å². The van der Waals surface area contributed by atoms with Crippen LogP contribution in [0.4, 0.5) is 0 Å². The first-order chi connectivity index (χ1) is 6.74. The van der Waals surface area contributed by atoms with Gasteiger partial charge in [0, 0.05) is 10.6 Å². The van der Waals surface area contributed by atoms with Crippen molar-refractivity contribution in [3.05, 3.63) is 34.9 Å². The highest BCUT2D eigenvalue weighted by atomic mass is 35.5. The van der Waals surface area contributed by atoms with Gasteiger partial charge in [0.25, 0.3) is 5.91 Å². The van der Waals surface area contributed by atoms with Crippen LogP contribution in [-0.4, -0.2) is 23.8 Å². The number of carbonyl (C=O) groups is 1. The van der Waals surface area contributed by atoms with Gasteiger partial charge < -0.3 is 5.11 Å². The van der Waals surface area contributed by atoms with Crippen molar-refractivity contribution in [2.75, 3.05) is 6.61 Å². The standard InChI is InChI=1S/C9H9ClN2O2/c10-8-4-2-1-3-7(8)5-11-12-9(14)6-13/h1-5,13H,6H2,(H,12,14)/b11-5+. The molecule has 0 aliphatic carbocycles. The van der Waals surface area contributed by atoms with Gasteiger partial charge in [0.15, 0.2) is 0 Å². The second-order valence-corrected chi connectivity index (χ2v) is 2.88. The molecule has 2 N–H and O–H groups in total. The number of amides is 1. The van der Waals surface area contributed by atoms with E-state index < -0.39 is 12.5 Å². The lowest BCUT2D eigenvalue weighted by molar-refractivity contribution is -0.123. The van der Waals surface area contributed by atoms with Crippen LogP contribution in [0.3, 0.4) is 0 Å². The summed E-state index contributed by atoms with van der Waals surface area (Å²) in [5.74, 6) is -0.562. The Hall–Kier alpha value is -1.39. The Labute approximate surface area is 86.2 Å². The number of benzene rings is 1. The first kappa shape index (κ1) is 10.7. The monoisotopic (exact) mass is 212 g/mol. The van der Waals surface area contributed by atoms with Crippen LogP contribution in [0, 0.1) is 0 Å². The third kappa shape index (κ3) is 3.16. The van der Waals surface area contributed by atoms with E-state index >= 15 is 0 Å². The van der Waals surface area contributed by atoms with Gasteiger partial charge in [-0.3, -0.25) is 4.79 Å². The summed E-state index contributed by atoms with van der Waals surface area (Å²) < 4.78 is 0. The fourth-order valence-corrected chi connectivity index (χ4v) is 0.973. The molecule has 1 amide bonds. The molecule has 0 atom stereocenters. The fourth-order valence-electron chi connectivity index (χ4n) is 0.789. The SMILES string of the molecule is O=C(CO)N/N=C/c1ccccc1Cl. The number of hydrogen-bond donors (Lipinski definition) is 2. The van der Waals surface area contributed by atoms with E-state index in [-0.39, 0.29) is 0 Å². The summed E-state index contributed by atoms with van der Waals surface area (Å²) in [6.07, 6.45) is 1.41. The largest absolute Gasteiger partial charge is 0.386 e. The number of halogens is 1. The van der Waals surface area contributed by atoms with Gasteiger partial charge in [0.2, 0.25) is 0 Å². The Bertz CT molecular complexity index is 352. The van der Waals surface area contributed by atoms with E-state index in [1.54, 1.807) is 24.3 Å². The minimum atomic E-state index is -0.583. The Morgan fingerprint density at radius 1 is 1.57 bits per heavy atom. The molecule has 0 bridgehead atoms. The highest BCUT2D eigenvalue weighted by molar-refractivity contribution is 6.33. The van der Waals surface area contributed by atoms with Gasteiger partial charge >= 0.3 is 0 Å². The van der Waals surface area contributed by atoms with Crippen molar-refractivity contribution in [1.29, 1.82) is 0 Å². The zero-order valence-electron chi connectivity index (χ0n) is 7.27. The topological polar surface area (TPSA) is 61.7 Å². The number of nitrogens with zero attached hydrogens (tertiary/aromatic N) is 1. The lowest BCUT2D eigenvalue weighted by Crippen LogP contribution is -2.20. The number of hydrazone groups is 1. The van der Waals surface area contributed by atoms with Gasteiger partial charge in [-0.1, -0.05) is 29.8 Å². The van der Waals surface area contributed by atoms with E-state index in [2.05, 4.69) is 10.5 Å². The van der Waals surface area contributed by atoms with Crippen molar-refractivity contribution in [2.24, 2.45) is 5.10 Å². The summed E-state index contributed by atoms with van der Waals surface area (Å²) in [6, 6.07) is 7.08. The van der Waals surface area contributed by atoms with Crippen molar-refractivity contribution < 1.29 is 9.90 Å². The maximum Gasteiger partial charge on any atom is 0.265 e. The van der Waals surface area contributed by atoms with E-state index in [1.807, 2.05) is 0 Å². The zero-order valence-corrected chi connectivity index (χ0v) is 8.03. The first-order valence-electron chi connectivity index (χ1n) is 3.91. The van der Waals surface area contributed by atoms with Crippen LogP contribution in [0.25, 0.3) is 0 Å². The molecular weight excluding hydrogens is 204 g/mol. The van der Waals surface area contributed by atoms with E-state index in [9.17, 15) is 4.79 Å². The molecular formula is C9H9ClN2O2. The molecule has 0 spiro atoms. The zero-order chi connectivity index (χ0) is 10.4. The van der Waals surface area contributed by atoms with E-state index in [1.165, 1.54) is 6.21 Å². The molecule has 5 heteroatoms. The van der Waals surface area contributed by atoms with E-state index in [4.69, 9.17) is 16.7 Å². The Morgan fingerprint density at radius 3 is 2.93 bits per heavy atom. The molecule has 4 nitrogen and oxygen atoms in total. The highest BCUT2D eigenvalue weighted by Crippen LogP contribution is 2.11. The van der Waals surface area contributed by atoms with Crippen LogP contribution in [0.2, 0.25) is 5.02 Å². The summed E-state index contributed by atoms with van der Waals surface area (Å²) in [5, 5.41) is 12.5. The van der Waals surface area contributed by atoms with Crippen LogP contribution in [0.1, 0.15) is 5.56 Å². The van der Waals surface area contributed by atoms with Gasteiger partial charge in [-0.25, -0.2) is 5.43 Å². The summed E-state index contributed by atoms with van der Waals surface area (Å²) in [7, 11) is 0. The van der Waals surface area contributed by atoms with Crippen LogP contribution in [0.5, 0.6) is 0 Å². The predicted octanol–water partition coefficient (Wildman–Crippen LogP) is 0.782. The maximum atomic E-state index is 10.6. The van der Waals surface area contributed by atoms with Crippen molar-refractivity contribution >= 4 is 23.7 Å². The molecule has 1 aromatic carbocycles. The van der Waals surface area contributed by atoms with Gasteiger partial charge in [0.1, 0.15) is 6.61 Å². The lowest BCUT2D eigenvalue weighted by Gasteiger charge is -1.96. The molecule has 0 aliphatic heterocycles. The smallest absolute Gasteiger partial charge is 0.265 e. The molecule has 0 aromatic heterocycles. The summed E-state index contributed by atoms with van der Waals surface area (Å²) in [4.78, 5) is 10.6. The third-order valence-corrected chi connectivity index (χ3v) is 1.79. The molecule has 74 valence electrons. The molecule has 0 heterocycles. The van der Waals surface area contributed by atoms with Crippen molar-refractivity contribution in [3.63, 3.8) is 0 Å². The summed E-state index contributed by atoms with van der Waals surface area (Å²) in [6.45, 7) is -0.583. The van der Waals surface area contributed by atoms with Crippen LogP contribution >= 0.6 is 11.6 Å². The summed E-state index contributed by atoms with van der Waals surface area (Å²) >= 11 is 5.82. The molecule has 1 aromatic rings. The molecule has 14 heavy (non-hydrogen) atoms. The minimum Gasteiger partial charge on any atom is -0.386 e. The molecule has 0 saturated heterocycles. The fraction of sp³-hybridized carbons (Fsp3) is 0.111. The number of aliphatic hydroxyl groups excluding tert-OH is 1. The number of carbonyl (C=O) groups excluding carboxylic acids is 1. The quantitative estimate of drug-likeness (QED) is 0.575. The second kappa shape index (κ2) is 5.36. The van der Waals surface area contributed by atoms with Gasteiger partial charge in [-0.05, 0) is 6.07 Å². The molecule has 0 saturated carbocycles. The predicted molar refractivity (Wildman–Crippen MR) is 54.3 cm³/mol. The van der Waals surface area contributed by atoms with Crippen molar-refractivity contribution in [1.82, 2.24) is 5.43 Å². The number of nitrogens with one attached hydrogen (secondary N) is 1. The Balaban J connectivity index is 2.60. The normalized spacial score (nSPS) is 10.4. The number of aliphatic hydroxyl groups is 1. The average molecular weight is 213 g/mol. The van der Waals surface area contributed by atoms with E-state index in [0.717, 1.165) is 0 Å². The molecule has 0 aliphatic rings. The van der Waals surface area contributed by atoms with Crippen LogP contribution in [-0.2, 0) is 4.79 Å². The average Bonchev–Trinajstić information content (AvgIpc) is 2.20. The Morgan fingerprint density at radius 2 is 2.29 bits per heavy atom. The van der Waals surface area contributed by atoms with Crippen molar-refractivity contribution in [3.8, 4) is 0 Å². The second-order valence-electron chi connectivity index (χ2n) is 2.47. The molecule has 0 radical (unpaired) electrons. The minimum absolute atomic E-state index is 0.550. The van der Waals surface area contributed by atoms with Gasteiger partial charge in [-0.15, -0.1) is 0 Å². The molecule has 0 unspecified atom stereocenters. The van der Waals surface area contributed by atoms with Crippen LogP contribution in [0.15, 0.2) is 29.4 Å².